The van der Waals surface area contributed by atoms with Gasteiger partial charge in [-0.15, -0.1) is 0 Å². The van der Waals surface area contributed by atoms with Crippen LogP contribution in [0.25, 0.3) is 10.9 Å². The number of allylic oxidation sites excluding steroid dienone is 2. The van der Waals surface area contributed by atoms with Gasteiger partial charge in [0.05, 0.1) is 58.4 Å². The highest BCUT2D eigenvalue weighted by atomic mass is 19.4. The van der Waals surface area contributed by atoms with Gasteiger partial charge >= 0.3 is 6.18 Å². The Bertz CT molecular complexity index is 2400. The molecule has 0 bridgehead atoms. The monoisotopic (exact) mass is 996 g/mol. The molecule has 0 saturated carbocycles. The van der Waals surface area contributed by atoms with E-state index in [2.05, 4.69) is 38.3 Å². The van der Waals surface area contributed by atoms with E-state index in [1.807, 2.05) is 46.6 Å². The van der Waals surface area contributed by atoms with Gasteiger partial charge in [-0.2, -0.15) is 13.2 Å². The quantitative estimate of drug-likeness (QED) is 0.0747. The number of benzene rings is 3. The summed E-state index contributed by atoms with van der Waals surface area (Å²) in [7, 11) is 8.24. The van der Waals surface area contributed by atoms with Crippen molar-refractivity contribution in [2.75, 3.05) is 91.6 Å². The molecule has 4 N–H and O–H groups in total. The number of anilines is 3. The first-order valence-electron chi connectivity index (χ1n) is 23.2. The van der Waals surface area contributed by atoms with Gasteiger partial charge in [-0.1, -0.05) is 38.9 Å². The number of amides is 1. The highest BCUT2D eigenvalue weighted by Gasteiger charge is 2.36. The summed E-state index contributed by atoms with van der Waals surface area (Å²) in [5.74, 6) is 4.09. The lowest BCUT2D eigenvalue weighted by atomic mass is 9.92. The zero-order chi connectivity index (χ0) is 52.6. The second-order valence-corrected chi connectivity index (χ2v) is 17.2. The molecule has 0 radical (unpaired) electrons. The van der Waals surface area contributed by atoms with Gasteiger partial charge in [-0.25, -0.2) is 0 Å². The number of hydrogen-bond acceptors (Lipinski definition) is 15. The molecule has 2 fully saturated rings. The lowest BCUT2D eigenvalue weighted by Gasteiger charge is -2.35. The summed E-state index contributed by atoms with van der Waals surface area (Å²) < 4.78 is 78.9. The SMILES string of the molecule is CC(C)(C)c1cc(C=O)on1.CCCN1CCOCC1.CNC1CCN(c2ccc(Nc3cccc(Oc4ccnc5cc(OC)c(OC)cc45)c3)cc2C(F)(F)F)CC1.CO/C(C)=C(/C)OC.NC=O. The van der Waals surface area contributed by atoms with Gasteiger partial charge in [-0.05, 0) is 89.2 Å². The van der Waals surface area contributed by atoms with Crippen LogP contribution in [0, 0.1) is 0 Å². The minimum absolute atomic E-state index is 0.0508. The molecule has 2 aliphatic heterocycles. The molecular formula is C52H72F3N7O9. The Morgan fingerprint density at radius 3 is 1.99 bits per heavy atom. The number of fused-ring (bicyclic) bond motifs is 1. The third kappa shape index (κ3) is 18.9. The smallest absolute Gasteiger partial charge is 0.418 e. The summed E-state index contributed by atoms with van der Waals surface area (Å²) in [6.07, 6.45) is 0.917. The fourth-order valence-corrected chi connectivity index (χ4v) is 7.12. The van der Waals surface area contributed by atoms with Crippen molar-refractivity contribution in [3.63, 3.8) is 0 Å². The molecule has 5 aromatic rings. The average Bonchev–Trinajstić information content (AvgIpc) is 3.88. The number of nitrogens with zero attached hydrogens (tertiary/aromatic N) is 4. The van der Waals surface area contributed by atoms with Crippen molar-refractivity contribution in [2.45, 2.75) is 78.4 Å². The van der Waals surface area contributed by atoms with Gasteiger partial charge in [-0.3, -0.25) is 19.5 Å². The average molecular weight is 996 g/mol. The predicted molar refractivity (Wildman–Crippen MR) is 271 cm³/mol. The maximum absolute atomic E-state index is 14.1. The van der Waals surface area contributed by atoms with E-state index in [1.54, 1.807) is 95.3 Å². The van der Waals surface area contributed by atoms with Gasteiger partial charge in [0.1, 0.15) is 23.0 Å². The van der Waals surface area contributed by atoms with Crippen LogP contribution in [0.2, 0.25) is 0 Å². The molecule has 71 heavy (non-hydrogen) atoms. The zero-order valence-corrected chi connectivity index (χ0v) is 42.9. The Kier molecular flexibility index (Phi) is 24.5. The molecule has 16 nitrogen and oxygen atoms in total. The third-order valence-corrected chi connectivity index (χ3v) is 11.3. The van der Waals surface area contributed by atoms with Crippen LogP contribution in [0.5, 0.6) is 23.0 Å². The van der Waals surface area contributed by atoms with E-state index < -0.39 is 11.7 Å². The van der Waals surface area contributed by atoms with Gasteiger partial charge in [0.2, 0.25) is 6.41 Å². The molecule has 0 aliphatic carbocycles. The van der Waals surface area contributed by atoms with Gasteiger partial charge in [0.25, 0.3) is 0 Å². The van der Waals surface area contributed by atoms with E-state index in [9.17, 15) is 18.0 Å². The molecule has 2 aromatic heterocycles. The maximum atomic E-state index is 14.1. The first kappa shape index (κ1) is 58.7. The molecule has 0 atom stereocenters. The number of nitrogens with two attached hydrogens (primary N) is 1. The van der Waals surface area contributed by atoms with Crippen LogP contribution in [0.1, 0.15) is 82.6 Å². The lowest BCUT2D eigenvalue weighted by molar-refractivity contribution is -0.137. The Labute approximate surface area is 415 Å². The number of halogens is 3. The largest absolute Gasteiger partial charge is 0.498 e. The fraction of sp³-hybridized carbons (Fsp3) is 0.462. The standard InChI is InChI=1S/C30H31F3N4O3.C8H11NO2.C7H15NO.C6H12O2.CH3NO/c1-34-19-10-13-37(14-11-19)26-8-7-21(16-24(26)30(31,32)33)36-20-5-4-6-22(15-20)40-27-9-12-35-25-18-29(39-3)28(38-2)17-23(25)27;1-8(2,3)7-4-6(5-10)11-9-7;1-2-3-8-4-6-9-7-5-8;1-5(7-3)6(2)8-4;2-1-3/h4-9,12,15-19,34,36H,10-11,13-14H2,1-3H3;4-5H,1-3H3;2-7H2,1H3;1-4H3;1H,(H2,2,3)/b;;;6-5-;. The number of piperidine rings is 1. The van der Waals surface area contributed by atoms with Crippen LogP contribution in [-0.2, 0) is 30.6 Å². The van der Waals surface area contributed by atoms with E-state index in [-0.39, 0.29) is 23.3 Å². The van der Waals surface area contributed by atoms with Crippen LogP contribution in [0.15, 0.2) is 89.0 Å². The van der Waals surface area contributed by atoms with E-state index in [0.717, 1.165) is 61.7 Å². The number of aldehydes is 1. The molecule has 2 aliphatic rings. The lowest BCUT2D eigenvalue weighted by Crippen LogP contribution is -2.41. The minimum atomic E-state index is -4.48. The predicted octanol–water partition coefficient (Wildman–Crippen LogP) is 10.1. The minimum Gasteiger partial charge on any atom is -0.498 e. The van der Waals surface area contributed by atoms with E-state index in [1.165, 1.54) is 19.0 Å². The van der Waals surface area contributed by atoms with E-state index >= 15 is 0 Å². The molecule has 390 valence electrons. The molecule has 4 heterocycles. The second-order valence-electron chi connectivity index (χ2n) is 17.2. The van der Waals surface area contributed by atoms with Crippen molar-refractivity contribution in [3.8, 4) is 23.0 Å². The maximum Gasteiger partial charge on any atom is 0.418 e. The van der Waals surface area contributed by atoms with Gasteiger partial charge < -0.3 is 54.2 Å². The molecule has 19 heteroatoms. The Hall–Kier alpha value is -6.57. The van der Waals surface area contributed by atoms with Gasteiger partial charge in [0.15, 0.2) is 23.5 Å². The van der Waals surface area contributed by atoms with Crippen LogP contribution in [0.4, 0.5) is 30.2 Å². The summed E-state index contributed by atoms with van der Waals surface area (Å²) in [6.45, 7) is 18.5. The molecular weight excluding hydrogens is 924 g/mol. The van der Waals surface area contributed by atoms with Crippen molar-refractivity contribution < 1.29 is 55.7 Å². The number of methoxy groups -OCH3 is 4. The van der Waals surface area contributed by atoms with E-state index in [4.69, 9.17) is 37.7 Å². The van der Waals surface area contributed by atoms with Gasteiger partial charge in [0, 0.05) is 84.5 Å². The number of rotatable bonds is 13. The first-order valence-corrected chi connectivity index (χ1v) is 23.2. The number of aromatic nitrogens is 2. The number of primary amides is 1. The molecule has 0 unspecified atom stereocenters. The van der Waals surface area contributed by atoms with Crippen LogP contribution in [0.3, 0.4) is 0 Å². The van der Waals surface area contributed by atoms with E-state index in [0.29, 0.717) is 65.3 Å². The summed E-state index contributed by atoms with van der Waals surface area (Å²) in [4.78, 5) is 27.5. The zero-order valence-electron chi connectivity index (χ0n) is 42.9. The topological polar surface area (TPSA) is 185 Å². The summed E-state index contributed by atoms with van der Waals surface area (Å²) in [5, 5.41) is 10.8. The number of alkyl halides is 3. The molecule has 2 saturated heterocycles. The third-order valence-electron chi connectivity index (χ3n) is 11.3. The Morgan fingerprint density at radius 1 is 0.845 bits per heavy atom. The van der Waals surface area contributed by atoms with Crippen molar-refractivity contribution in [1.29, 1.82) is 0 Å². The molecule has 3 aromatic carbocycles. The molecule has 0 spiro atoms. The highest BCUT2D eigenvalue weighted by molar-refractivity contribution is 5.88. The number of pyridine rings is 1. The highest BCUT2D eigenvalue weighted by Crippen LogP contribution is 2.41. The fourth-order valence-electron chi connectivity index (χ4n) is 7.12. The summed E-state index contributed by atoms with van der Waals surface area (Å²) in [5.41, 5.74) is 6.07. The number of carbonyl (C=O) groups is 2. The Balaban J connectivity index is 0.000000345. The van der Waals surface area contributed by atoms with Crippen LogP contribution >= 0.6 is 0 Å². The molecule has 7 rings (SSSR count). The number of hydrogen-bond donors (Lipinski definition) is 3. The van der Waals surface area contributed by atoms with Crippen molar-refractivity contribution in [3.05, 3.63) is 101 Å². The van der Waals surface area contributed by atoms with Crippen molar-refractivity contribution in [2.24, 2.45) is 5.73 Å². The second kappa shape index (κ2) is 29.6. The number of morpholine rings is 1. The summed E-state index contributed by atoms with van der Waals surface area (Å²) in [6, 6.07) is 18.7. The molecule has 1 amide bonds. The normalized spacial score (nSPS) is 14.3. The number of ether oxygens (including phenoxy) is 6. The number of carbonyl (C=O) groups excluding carboxylic acids is 2. The van der Waals surface area contributed by atoms with Crippen LogP contribution in [-0.4, -0.2) is 115 Å². The van der Waals surface area contributed by atoms with Crippen molar-refractivity contribution >= 4 is 40.7 Å². The van der Waals surface area contributed by atoms with Crippen molar-refractivity contribution in [1.82, 2.24) is 20.4 Å². The summed E-state index contributed by atoms with van der Waals surface area (Å²) >= 11 is 0. The van der Waals surface area contributed by atoms with Crippen LogP contribution < -0.4 is 35.5 Å². The number of nitrogens with one attached hydrogen (secondary N) is 2. The first-order chi connectivity index (χ1) is 33.9. The Morgan fingerprint density at radius 2 is 1.46 bits per heavy atom.